The number of aliphatic hydroxyl groups is 1. The average molecular weight is 306 g/mol. The van der Waals surface area contributed by atoms with Gasteiger partial charge in [-0.2, -0.15) is 0 Å². The summed E-state index contributed by atoms with van der Waals surface area (Å²) in [5, 5.41) is 22.1. The maximum atomic E-state index is 9.58. The Hall–Kier alpha value is -0.265. The minimum absolute atomic E-state index is 0.325. The van der Waals surface area contributed by atoms with Crippen LogP contribution >= 0.6 is 27.5 Å². The molecule has 7 heteroatoms. The van der Waals surface area contributed by atoms with Crippen molar-refractivity contribution < 1.29 is 14.9 Å². The fourth-order valence-electron chi connectivity index (χ4n) is 1.63. The lowest BCUT2D eigenvalue weighted by molar-refractivity contribution is -0.0918. The third-order valence-electron chi connectivity index (χ3n) is 2.36. The van der Waals surface area contributed by atoms with Gasteiger partial charge in [0.1, 0.15) is 0 Å². The highest BCUT2D eigenvalue weighted by Crippen LogP contribution is 2.42. The van der Waals surface area contributed by atoms with Crippen molar-refractivity contribution in [3.63, 3.8) is 0 Å². The molecule has 4 nitrogen and oxygen atoms in total. The summed E-state index contributed by atoms with van der Waals surface area (Å²) in [5.41, 5.74) is 2.07. The summed E-state index contributed by atoms with van der Waals surface area (Å²) in [4.78, 5) is 0. The summed E-state index contributed by atoms with van der Waals surface area (Å²) in [5.74, 6) is 0. The molecule has 0 radical (unpaired) electrons. The molecule has 1 aromatic carbocycles. The van der Waals surface area contributed by atoms with Crippen molar-refractivity contribution in [3.8, 4) is 0 Å². The highest BCUT2D eigenvalue weighted by molar-refractivity contribution is 9.10. The summed E-state index contributed by atoms with van der Waals surface area (Å²) in [7, 11) is -0.720. The highest BCUT2D eigenvalue weighted by Gasteiger charge is 2.26. The van der Waals surface area contributed by atoms with E-state index in [0.29, 0.717) is 27.4 Å². The molecule has 1 aliphatic heterocycles. The van der Waals surface area contributed by atoms with Crippen LogP contribution in [0.1, 0.15) is 17.4 Å². The number of hydrogen-bond acceptors (Lipinski definition) is 4. The predicted octanol–water partition coefficient (Wildman–Crippen LogP) is 2.15. The van der Waals surface area contributed by atoms with Crippen LogP contribution in [-0.4, -0.2) is 17.2 Å². The quantitative estimate of drug-likeness (QED) is 0.733. The zero-order chi connectivity index (χ0) is 11.9. The largest absolute Gasteiger partial charge is 0.433 e. The summed E-state index contributed by atoms with van der Waals surface area (Å²) >= 11 is 9.47. The third kappa shape index (κ3) is 2.08. The van der Waals surface area contributed by atoms with Gasteiger partial charge in [-0.05, 0) is 28.8 Å². The molecule has 2 rings (SSSR count). The van der Waals surface area contributed by atoms with Gasteiger partial charge in [0.05, 0.1) is 11.6 Å². The first-order chi connectivity index (χ1) is 7.50. The second-order valence-electron chi connectivity index (χ2n) is 3.60. The van der Waals surface area contributed by atoms with Gasteiger partial charge in [-0.15, -0.1) is 0 Å². The Balaban J connectivity index is 2.48. The van der Waals surface area contributed by atoms with E-state index >= 15 is 0 Å². The molecule has 0 fully saturated rings. The topological polar surface area (TPSA) is 61.7 Å². The van der Waals surface area contributed by atoms with Crippen LogP contribution in [0, 0.1) is 0 Å². The standard InChI is InChI=1S/C9H10BBrClNO3/c1-10(15)13-6-2-4-5(3-16-9(4)14)7(11)8(6)12/h2,9,13-15H,3H2,1H3. The van der Waals surface area contributed by atoms with Crippen molar-refractivity contribution in [3.05, 3.63) is 26.7 Å². The fraction of sp³-hybridized carbons (Fsp3) is 0.333. The Kier molecular flexibility index (Phi) is 3.46. The Bertz CT molecular complexity index is 430. The molecule has 16 heavy (non-hydrogen) atoms. The van der Waals surface area contributed by atoms with Crippen LogP contribution in [0.25, 0.3) is 0 Å². The van der Waals surface area contributed by atoms with Gasteiger partial charge in [0.15, 0.2) is 6.29 Å². The zero-order valence-electron chi connectivity index (χ0n) is 8.50. The van der Waals surface area contributed by atoms with Crippen molar-refractivity contribution in [1.82, 2.24) is 0 Å². The number of aliphatic hydroxyl groups excluding tert-OH is 1. The van der Waals surface area contributed by atoms with Crippen molar-refractivity contribution in [1.29, 1.82) is 0 Å². The molecule has 0 bridgehead atoms. The summed E-state index contributed by atoms with van der Waals surface area (Å²) < 4.78 is 5.78. The van der Waals surface area contributed by atoms with Crippen LogP contribution in [-0.2, 0) is 11.3 Å². The molecule has 1 atom stereocenters. The van der Waals surface area contributed by atoms with Gasteiger partial charge in [-0.25, -0.2) is 0 Å². The molecule has 3 N–H and O–H groups in total. The van der Waals surface area contributed by atoms with Gasteiger partial charge in [0.25, 0.3) is 0 Å². The third-order valence-corrected chi connectivity index (χ3v) is 3.85. The SMILES string of the molecule is CB(O)Nc1cc2c(c(Br)c1Cl)COC2O. The number of fused-ring (bicyclic) bond motifs is 1. The second kappa shape index (κ2) is 4.54. The number of ether oxygens (including phenoxy) is 1. The van der Waals surface area contributed by atoms with E-state index in [4.69, 9.17) is 16.3 Å². The maximum Gasteiger partial charge on any atom is 0.406 e. The fourth-order valence-corrected chi connectivity index (χ4v) is 2.41. The minimum atomic E-state index is -0.932. The highest BCUT2D eigenvalue weighted by atomic mass is 79.9. The second-order valence-corrected chi connectivity index (χ2v) is 4.77. The van der Waals surface area contributed by atoms with Gasteiger partial charge in [0.2, 0.25) is 0 Å². The normalized spacial score (nSPS) is 18.4. The molecule has 1 aliphatic rings. The average Bonchev–Trinajstić information content (AvgIpc) is 2.56. The van der Waals surface area contributed by atoms with Crippen molar-refractivity contribution in [2.45, 2.75) is 19.7 Å². The minimum Gasteiger partial charge on any atom is -0.433 e. The van der Waals surface area contributed by atoms with E-state index in [1.54, 1.807) is 12.9 Å². The predicted molar refractivity (Wildman–Crippen MR) is 66.4 cm³/mol. The van der Waals surface area contributed by atoms with E-state index in [9.17, 15) is 10.1 Å². The van der Waals surface area contributed by atoms with E-state index in [2.05, 4.69) is 21.2 Å². The first-order valence-corrected chi connectivity index (χ1v) is 5.93. The lowest BCUT2D eigenvalue weighted by Gasteiger charge is -2.13. The van der Waals surface area contributed by atoms with Crippen LogP contribution in [0.3, 0.4) is 0 Å². The van der Waals surface area contributed by atoms with E-state index in [1.165, 1.54) is 0 Å². The van der Waals surface area contributed by atoms with Crippen LogP contribution in [0.4, 0.5) is 5.69 Å². The molecule has 0 aromatic heterocycles. The smallest absolute Gasteiger partial charge is 0.406 e. The Morgan fingerprint density at radius 1 is 1.69 bits per heavy atom. The summed E-state index contributed by atoms with van der Waals surface area (Å²) in [6.07, 6.45) is -0.932. The molecular weight excluding hydrogens is 296 g/mol. The molecule has 0 saturated carbocycles. The molecule has 1 heterocycles. The number of anilines is 1. The number of hydrogen-bond donors (Lipinski definition) is 3. The Morgan fingerprint density at radius 3 is 3.00 bits per heavy atom. The molecule has 0 amide bonds. The lowest BCUT2D eigenvalue weighted by atomic mass is 9.88. The Morgan fingerprint density at radius 2 is 2.38 bits per heavy atom. The van der Waals surface area contributed by atoms with Gasteiger partial charge >= 0.3 is 7.05 Å². The Labute approximate surface area is 107 Å². The monoisotopic (exact) mass is 305 g/mol. The van der Waals surface area contributed by atoms with Gasteiger partial charge in [-0.3, -0.25) is 0 Å². The van der Waals surface area contributed by atoms with Crippen LogP contribution in [0.15, 0.2) is 10.5 Å². The molecule has 1 unspecified atom stereocenters. The molecule has 0 aliphatic carbocycles. The number of benzene rings is 1. The van der Waals surface area contributed by atoms with E-state index in [1.807, 2.05) is 0 Å². The van der Waals surface area contributed by atoms with Gasteiger partial charge in [0, 0.05) is 21.3 Å². The van der Waals surface area contributed by atoms with E-state index in [-0.39, 0.29) is 0 Å². The van der Waals surface area contributed by atoms with Crippen LogP contribution < -0.4 is 5.23 Å². The molecular formula is C9H10BBrClNO3. The van der Waals surface area contributed by atoms with Crippen molar-refractivity contribution in [2.24, 2.45) is 0 Å². The molecule has 0 saturated heterocycles. The first-order valence-electron chi connectivity index (χ1n) is 4.75. The number of halogens is 2. The van der Waals surface area contributed by atoms with E-state index in [0.717, 1.165) is 5.56 Å². The van der Waals surface area contributed by atoms with Gasteiger partial charge in [-0.1, -0.05) is 11.6 Å². The maximum absolute atomic E-state index is 9.58. The first kappa shape index (κ1) is 12.2. The molecule has 1 aromatic rings. The number of nitrogens with one attached hydrogen (secondary N) is 1. The van der Waals surface area contributed by atoms with Gasteiger partial charge < -0.3 is 20.1 Å². The molecule has 0 spiro atoms. The van der Waals surface area contributed by atoms with Crippen LogP contribution in [0.2, 0.25) is 11.8 Å². The lowest BCUT2D eigenvalue weighted by Crippen LogP contribution is -2.20. The zero-order valence-corrected chi connectivity index (χ0v) is 10.8. The van der Waals surface area contributed by atoms with Crippen LogP contribution in [0.5, 0.6) is 0 Å². The van der Waals surface area contributed by atoms with Crippen molar-refractivity contribution >= 4 is 40.3 Å². The van der Waals surface area contributed by atoms with Crippen molar-refractivity contribution in [2.75, 3.05) is 5.23 Å². The number of rotatable bonds is 2. The summed E-state index contributed by atoms with van der Waals surface area (Å²) in [6.45, 7) is 1.91. The molecule has 86 valence electrons. The summed E-state index contributed by atoms with van der Waals surface area (Å²) in [6, 6.07) is 1.69. The van der Waals surface area contributed by atoms with E-state index < -0.39 is 13.3 Å².